The highest BCUT2D eigenvalue weighted by atomic mass is 35.5. The minimum Gasteiger partial charge on any atom is -0.494 e. The zero-order valence-corrected chi connectivity index (χ0v) is 12.3. The van der Waals surface area contributed by atoms with Crippen molar-refractivity contribution in [1.82, 2.24) is 9.97 Å². The van der Waals surface area contributed by atoms with Gasteiger partial charge in [0, 0.05) is 16.8 Å². The molecule has 1 aromatic heterocycles. The molecule has 0 bridgehead atoms. The summed E-state index contributed by atoms with van der Waals surface area (Å²) in [6, 6.07) is 8.83. The molecule has 0 atom stereocenters. The second kappa shape index (κ2) is 7.21. The van der Waals surface area contributed by atoms with Crippen molar-refractivity contribution in [2.75, 3.05) is 23.8 Å². The number of ether oxygens (including phenoxy) is 1. The summed E-state index contributed by atoms with van der Waals surface area (Å²) < 4.78 is 5.58. The molecule has 0 saturated carbocycles. The second-order valence-electron chi connectivity index (χ2n) is 4.00. The van der Waals surface area contributed by atoms with E-state index in [-0.39, 0.29) is 0 Å². The van der Waals surface area contributed by atoms with Crippen LogP contribution in [0.3, 0.4) is 0 Å². The summed E-state index contributed by atoms with van der Waals surface area (Å²) in [5.74, 6) is 2.41. The Morgan fingerprint density at radius 3 is 2.40 bits per heavy atom. The first-order chi connectivity index (χ1) is 9.63. The minimum atomic E-state index is 0.386. The zero-order valence-electron chi connectivity index (χ0n) is 10.8. The maximum Gasteiger partial charge on any atom is 0.191 e. The highest BCUT2D eigenvalue weighted by Gasteiger charge is 2.01. The molecule has 0 aliphatic heterocycles. The van der Waals surface area contributed by atoms with Crippen molar-refractivity contribution in [3.8, 4) is 5.75 Å². The summed E-state index contributed by atoms with van der Waals surface area (Å²) in [5.41, 5.74) is 11.2. The SMILES string of the molecule is Nc1cc(N)nc(SCCCOc2ccc(Cl)cc2)n1. The van der Waals surface area contributed by atoms with E-state index in [2.05, 4.69) is 9.97 Å². The maximum absolute atomic E-state index is 5.80. The summed E-state index contributed by atoms with van der Waals surface area (Å²) in [7, 11) is 0. The topological polar surface area (TPSA) is 87.1 Å². The fourth-order valence-corrected chi connectivity index (χ4v) is 2.38. The zero-order chi connectivity index (χ0) is 14.4. The number of hydrogen-bond acceptors (Lipinski definition) is 6. The third kappa shape index (κ3) is 4.79. The van der Waals surface area contributed by atoms with Crippen molar-refractivity contribution in [2.45, 2.75) is 11.6 Å². The van der Waals surface area contributed by atoms with Crippen molar-refractivity contribution < 1.29 is 4.74 Å². The highest BCUT2D eigenvalue weighted by molar-refractivity contribution is 7.99. The van der Waals surface area contributed by atoms with Crippen molar-refractivity contribution in [1.29, 1.82) is 0 Å². The van der Waals surface area contributed by atoms with Crippen LogP contribution in [0, 0.1) is 0 Å². The monoisotopic (exact) mass is 310 g/mol. The van der Waals surface area contributed by atoms with Gasteiger partial charge in [0.15, 0.2) is 5.16 Å². The van der Waals surface area contributed by atoms with Crippen LogP contribution in [0.5, 0.6) is 5.75 Å². The summed E-state index contributed by atoms with van der Waals surface area (Å²) in [5, 5.41) is 1.29. The molecule has 0 fully saturated rings. The van der Waals surface area contributed by atoms with Gasteiger partial charge in [-0.2, -0.15) is 0 Å². The van der Waals surface area contributed by atoms with Crippen molar-refractivity contribution in [3.63, 3.8) is 0 Å². The first-order valence-electron chi connectivity index (χ1n) is 6.05. The molecule has 4 N–H and O–H groups in total. The summed E-state index contributed by atoms with van der Waals surface area (Å²) in [6.45, 7) is 0.617. The fraction of sp³-hybridized carbons (Fsp3) is 0.231. The molecule has 1 heterocycles. The molecule has 0 unspecified atom stereocenters. The lowest BCUT2D eigenvalue weighted by molar-refractivity contribution is 0.318. The Morgan fingerprint density at radius 1 is 1.10 bits per heavy atom. The van der Waals surface area contributed by atoms with Gasteiger partial charge in [0.25, 0.3) is 0 Å². The van der Waals surface area contributed by atoms with Gasteiger partial charge in [0.05, 0.1) is 6.61 Å². The Morgan fingerprint density at radius 2 is 1.75 bits per heavy atom. The number of benzene rings is 1. The Kier molecular flexibility index (Phi) is 5.31. The van der Waals surface area contributed by atoms with E-state index in [1.165, 1.54) is 17.8 Å². The number of nitrogens with two attached hydrogens (primary N) is 2. The molecule has 0 spiro atoms. The van der Waals surface area contributed by atoms with E-state index in [0.717, 1.165) is 17.9 Å². The number of rotatable bonds is 6. The summed E-state index contributed by atoms with van der Waals surface area (Å²) in [6.07, 6.45) is 0.866. The number of nitrogen functional groups attached to an aromatic ring is 2. The number of halogens is 1. The van der Waals surface area contributed by atoms with E-state index < -0.39 is 0 Å². The summed E-state index contributed by atoms with van der Waals surface area (Å²) >= 11 is 7.30. The number of aromatic nitrogens is 2. The van der Waals surface area contributed by atoms with Gasteiger partial charge in [0.1, 0.15) is 17.4 Å². The van der Waals surface area contributed by atoms with E-state index in [4.69, 9.17) is 27.8 Å². The van der Waals surface area contributed by atoms with Gasteiger partial charge in [-0.15, -0.1) is 0 Å². The smallest absolute Gasteiger partial charge is 0.191 e. The van der Waals surface area contributed by atoms with Crippen LogP contribution in [-0.2, 0) is 0 Å². The van der Waals surface area contributed by atoms with Crippen LogP contribution in [-0.4, -0.2) is 22.3 Å². The first-order valence-corrected chi connectivity index (χ1v) is 7.41. The molecule has 0 saturated heterocycles. The van der Waals surface area contributed by atoms with Gasteiger partial charge in [-0.25, -0.2) is 9.97 Å². The van der Waals surface area contributed by atoms with Crippen molar-refractivity contribution in [3.05, 3.63) is 35.4 Å². The predicted molar refractivity (Wildman–Crippen MR) is 83.1 cm³/mol. The average molecular weight is 311 g/mol. The van der Waals surface area contributed by atoms with Crippen LogP contribution < -0.4 is 16.2 Å². The van der Waals surface area contributed by atoms with Crippen LogP contribution in [0.1, 0.15) is 6.42 Å². The molecule has 1 aromatic carbocycles. The lowest BCUT2D eigenvalue weighted by Gasteiger charge is -2.06. The Hall–Kier alpha value is -1.66. The van der Waals surface area contributed by atoms with Gasteiger partial charge in [0.2, 0.25) is 0 Å². The largest absolute Gasteiger partial charge is 0.494 e. The molecular weight excluding hydrogens is 296 g/mol. The van der Waals surface area contributed by atoms with Crippen LogP contribution in [0.4, 0.5) is 11.6 Å². The molecule has 106 valence electrons. The van der Waals surface area contributed by atoms with Crippen LogP contribution in [0.15, 0.2) is 35.5 Å². The molecule has 2 rings (SSSR count). The van der Waals surface area contributed by atoms with Crippen molar-refractivity contribution in [2.24, 2.45) is 0 Å². The molecule has 7 heteroatoms. The van der Waals surface area contributed by atoms with Gasteiger partial charge >= 0.3 is 0 Å². The van der Waals surface area contributed by atoms with E-state index >= 15 is 0 Å². The number of thioether (sulfide) groups is 1. The third-order valence-corrected chi connectivity index (χ3v) is 3.53. The van der Waals surface area contributed by atoms with Crippen molar-refractivity contribution >= 4 is 35.0 Å². The quantitative estimate of drug-likeness (QED) is 0.484. The Bertz CT molecular complexity index is 545. The van der Waals surface area contributed by atoms with E-state index in [1.54, 1.807) is 12.1 Å². The first kappa shape index (κ1) is 14.7. The van der Waals surface area contributed by atoms with E-state index in [1.807, 2.05) is 12.1 Å². The van der Waals surface area contributed by atoms with Gasteiger partial charge in [-0.3, -0.25) is 0 Å². The number of anilines is 2. The van der Waals surface area contributed by atoms with Crippen LogP contribution >= 0.6 is 23.4 Å². The van der Waals surface area contributed by atoms with Gasteiger partial charge in [-0.1, -0.05) is 23.4 Å². The standard InChI is InChI=1S/C13H15ClN4OS/c14-9-2-4-10(5-3-9)19-6-1-7-20-13-17-11(15)8-12(16)18-13/h2-5,8H,1,6-7H2,(H4,15,16,17,18). The van der Waals surface area contributed by atoms with E-state index in [9.17, 15) is 0 Å². The Labute approximate surface area is 126 Å². The fourth-order valence-electron chi connectivity index (χ4n) is 1.47. The lowest BCUT2D eigenvalue weighted by Crippen LogP contribution is -2.01. The molecule has 20 heavy (non-hydrogen) atoms. The normalized spacial score (nSPS) is 10.4. The van der Waals surface area contributed by atoms with E-state index in [0.29, 0.717) is 28.4 Å². The molecule has 0 amide bonds. The molecule has 0 aliphatic rings. The van der Waals surface area contributed by atoms with Gasteiger partial charge in [-0.05, 0) is 30.7 Å². The Balaban J connectivity index is 1.70. The molecular formula is C13H15ClN4OS. The highest BCUT2D eigenvalue weighted by Crippen LogP contribution is 2.18. The number of nitrogens with zero attached hydrogens (tertiary/aromatic N) is 2. The number of hydrogen-bond donors (Lipinski definition) is 2. The molecule has 0 aliphatic carbocycles. The van der Waals surface area contributed by atoms with Crippen LogP contribution in [0.2, 0.25) is 5.02 Å². The lowest BCUT2D eigenvalue weighted by atomic mass is 10.3. The average Bonchev–Trinajstić information content (AvgIpc) is 2.39. The second-order valence-corrected chi connectivity index (χ2v) is 5.50. The molecule has 0 radical (unpaired) electrons. The maximum atomic E-state index is 5.80. The summed E-state index contributed by atoms with van der Waals surface area (Å²) in [4.78, 5) is 8.19. The molecule has 5 nitrogen and oxygen atoms in total. The predicted octanol–water partition coefficient (Wildman–Crippen LogP) is 2.86. The van der Waals surface area contributed by atoms with Crippen LogP contribution in [0.25, 0.3) is 0 Å². The minimum absolute atomic E-state index is 0.386. The van der Waals surface area contributed by atoms with Gasteiger partial charge < -0.3 is 16.2 Å². The molecule has 2 aromatic rings. The third-order valence-electron chi connectivity index (χ3n) is 2.35.